The second-order valence-electron chi connectivity index (χ2n) is 6.39. The Bertz CT molecular complexity index is 368. The summed E-state index contributed by atoms with van der Waals surface area (Å²) in [7, 11) is -7.75. The Morgan fingerprint density at radius 3 is 2.05 bits per heavy atom. The van der Waals surface area contributed by atoms with E-state index in [1.807, 2.05) is 0 Å². The molecule has 0 saturated carbocycles. The monoisotopic (exact) mass is 345 g/mol. The molecule has 0 aromatic heterocycles. The molecule has 2 heterocycles. The van der Waals surface area contributed by atoms with Crippen molar-refractivity contribution in [2.45, 2.75) is 70.2 Å². The number of rotatable bonds is 7. The van der Waals surface area contributed by atoms with Gasteiger partial charge in [-0.05, 0) is 6.42 Å². The molecule has 2 aliphatic heterocycles. The van der Waals surface area contributed by atoms with E-state index in [9.17, 15) is 21.8 Å². The van der Waals surface area contributed by atoms with Crippen LogP contribution in [0.15, 0.2) is 0 Å². The number of unbranched alkanes of at least 4 members (excludes halogenated alkanes) is 3. The van der Waals surface area contributed by atoms with Crippen LogP contribution >= 0.6 is 7.14 Å². The van der Waals surface area contributed by atoms with E-state index < -0.39 is 14.4 Å². The van der Waals surface area contributed by atoms with Crippen LogP contribution < -0.4 is 4.90 Å². The number of quaternary nitrogens is 1. The van der Waals surface area contributed by atoms with Gasteiger partial charge in [-0.2, -0.15) is 0 Å². The van der Waals surface area contributed by atoms with Crippen LogP contribution in [0.25, 0.3) is 0 Å². The summed E-state index contributed by atoms with van der Waals surface area (Å²) in [5.41, 5.74) is 0.609. The molecular weight excluding hydrogens is 316 g/mol. The maximum Gasteiger partial charge on any atom is 0.673 e. The molecule has 0 aromatic carbocycles. The highest BCUT2D eigenvalue weighted by atomic mass is 31.2. The third-order valence-electron chi connectivity index (χ3n) is 4.82. The number of nitrogens with one attached hydrogen (secondary N) is 1. The van der Waals surface area contributed by atoms with Crippen molar-refractivity contribution in [2.24, 2.45) is 0 Å². The van der Waals surface area contributed by atoms with Gasteiger partial charge in [0, 0.05) is 19.0 Å². The molecule has 2 aliphatic rings. The first-order valence-electron chi connectivity index (χ1n) is 8.54. The van der Waals surface area contributed by atoms with E-state index in [2.05, 4.69) is 13.8 Å². The molecule has 132 valence electrons. The van der Waals surface area contributed by atoms with Crippen LogP contribution in [0.4, 0.5) is 17.3 Å². The quantitative estimate of drug-likeness (QED) is 0.320. The van der Waals surface area contributed by atoms with E-state index in [4.69, 9.17) is 0 Å². The predicted octanol–water partition coefficient (Wildman–Crippen LogP) is 4.03. The molecule has 0 bridgehead atoms. The zero-order valence-corrected chi connectivity index (χ0v) is 14.6. The van der Waals surface area contributed by atoms with Crippen LogP contribution in [0.5, 0.6) is 0 Å². The van der Waals surface area contributed by atoms with Gasteiger partial charge >= 0.3 is 7.25 Å². The largest absolute Gasteiger partial charge is 0.673 e. The summed E-state index contributed by atoms with van der Waals surface area (Å²) < 4.78 is 51.8. The van der Waals surface area contributed by atoms with Crippen LogP contribution in [0.1, 0.15) is 58.8 Å². The minimum Gasteiger partial charge on any atom is -0.418 e. The van der Waals surface area contributed by atoms with E-state index in [-0.39, 0.29) is 0 Å². The highest BCUT2D eigenvalue weighted by Gasteiger charge is 2.66. The highest BCUT2D eigenvalue weighted by Crippen LogP contribution is 2.72. The predicted molar refractivity (Wildman–Crippen MR) is 84.6 cm³/mol. The van der Waals surface area contributed by atoms with Gasteiger partial charge in [0.2, 0.25) is 0 Å². The third kappa shape index (κ3) is 6.23. The fourth-order valence-corrected chi connectivity index (χ4v) is 7.75. The average molecular weight is 345 g/mol. The second-order valence-corrected chi connectivity index (χ2v) is 9.95. The van der Waals surface area contributed by atoms with E-state index in [0.717, 1.165) is 6.16 Å². The van der Waals surface area contributed by atoms with Crippen LogP contribution in [0, 0.1) is 0 Å². The maximum absolute atomic E-state index is 12.8. The summed E-state index contributed by atoms with van der Waals surface area (Å²) in [6.07, 6.45) is 10.2. The number of likely N-dealkylation sites (tertiary alicyclic amines) is 1. The summed E-state index contributed by atoms with van der Waals surface area (Å²) in [5, 5.41) is 0. The molecule has 0 radical (unpaired) electrons. The van der Waals surface area contributed by atoms with Crippen LogP contribution in [-0.4, -0.2) is 37.9 Å². The van der Waals surface area contributed by atoms with Gasteiger partial charge in [0.25, 0.3) is 0 Å². The van der Waals surface area contributed by atoms with Crippen LogP contribution in [0.2, 0.25) is 0 Å². The molecule has 2 nitrogen and oxygen atoms in total. The van der Waals surface area contributed by atoms with Crippen molar-refractivity contribution in [3.63, 3.8) is 0 Å². The van der Waals surface area contributed by atoms with Crippen molar-refractivity contribution in [1.82, 2.24) is 0 Å². The molecule has 22 heavy (non-hydrogen) atoms. The minimum atomic E-state index is -6.00. The maximum atomic E-state index is 12.8. The summed E-state index contributed by atoms with van der Waals surface area (Å²) in [4.78, 5) is 1.69. The van der Waals surface area contributed by atoms with E-state index in [0.29, 0.717) is 11.4 Å². The minimum absolute atomic E-state index is 0.580. The van der Waals surface area contributed by atoms with E-state index in [1.54, 1.807) is 4.90 Å². The Balaban J connectivity index is 0.000000422. The van der Waals surface area contributed by atoms with Gasteiger partial charge in [-0.25, -0.2) is 0 Å². The standard InChI is InChI=1S/C14H28NOP.BF4/c1-3-5-6-7-10-13-14(17(13,16)4-2)15-11-8-9-12-15;2-1(3,4)5/h13-14H,3-12H2,1-2H3;/q;-1/p+1. The molecule has 8 heteroatoms. The van der Waals surface area contributed by atoms with Gasteiger partial charge in [0.15, 0.2) is 7.14 Å². The zero-order chi connectivity index (χ0) is 16.8. The fourth-order valence-electron chi connectivity index (χ4n) is 3.73. The fraction of sp³-hybridized carbons (Fsp3) is 1.00. The molecule has 0 amide bonds. The SMILES string of the molecule is CCCCCCC1C([NH+]2CCCC2)P1(=O)CC.F[B-](F)(F)F. The van der Waals surface area contributed by atoms with Gasteiger partial charge in [-0.1, -0.05) is 39.5 Å². The Morgan fingerprint density at radius 2 is 1.59 bits per heavy atom. The van der Waals surface area contributed by atoms with Crippen molar-refractivity contribution in [1.29, 1.82) is 0 Å². The van der Waals surface area contributed by atoms with Gasteiger partial charge in [-0.3, -0.25) is 0 Å². The van der Waals surface area contributed by atoms with Gasteiger partial charge in [0.1, 0.15) is 5.78 Å². The number of halogens is 4. The lowest BCUT2D eigenvalue weighted by molar-refractivity contribution is -0.892. The zero-order valence-electron chi connectivity index (χ0n) is 13.7. The lowest BCUT2D eigenvalue weighted by Gasteiger charge is -2.10. The second kappa shape index (κ2) is 8.72. The molecule has 0 spiro atoms. The molecule has 3 unspecified atom stereocenters. The Hall–Kier alpha value is -0.0251. The first-order chi connectivity index (χ1) is 10.2. The highest BCUT2D eigenvalue weighted by molar-refractivity contribution is 7.72. The summed E-state index contributed by atoms with van der Waals surface area (Å²) >= 11 is 0. The van der Waals surface area contributed by atoms with Crippen molar-refractivity contribution in [3.8, 4) is 0 Å². The molecule has 2 rings (SSSR count). The Labute approximate surface area is 131 Å². The summed E-state index contributed by atoms with van der Waals surface area (Å²) in [6, 6.07) is 0. The van der Waals surface area contributed by atoms with Gasteiger partial charge in [-0.15, -0.1) is 0 Å². The lowest BCUT2D eigenvalue weighted by atomic mass is 10.1. The van der Waals surface area contributed by atoms with E-state index >= 15 is 0 Å². The number of hydrogen-bond acceptors (Lipinski definition) is 1. The molecular formula is C14H29BF4NOP. The first-order valence-corrected chi connectivity index (χ1v) is 10.6. The van der Waals surface area contributed by atoms with Crippen molar-refractivity contribution < 1.29 is 26.7 Å². The summed E-state index contributed by atoms with van der Waals surface area (Å²) in [5.74, 6) is 0.580. The molecule has 3 atom stereocenters. The Kier molecular flexibility index (Phi) is 7.94. The molecule has 2 fully saturated rings. The molecule has 1 N–H and O–H groups in total. The normalized spacial score (nSPS) is 31.7. The average Bonchev–Trinajstić information content (AvgIpc) is 2.79. The molecule has 0 aliphatic carbocycles. The first kappa shape index (κ1) is 20.0. The van der Waals surface area contributed by atoms with E-state index in [1.165, 1.54) is 58.0 Å². The smallest absolute Gasteiger partial charge is 0.418 e. The van der Waals surface area contributed by atoms with Crippen LogP contribution in [0.3, 0.4) is 0 Å². The third-order valence-corrected chi connectivity index (χ3v) is 8.81. The number of hydrogen-bond donors (Lipinski definition) is 1. The van der Waals surface area contributed by atoms with Gasteiger partial charge in [0.05, 0.1) is 18.7 Å². The van der Waals surface area contributed by atoms with Gasteiger partial charge < -0.3 is 26.7 Å². The summed E-state index contributed by atoms with van der Waals surface area (Å²) in [6.45, 7) is 6.99. The van der Waals surface area contributed by atoms with Crippen LogP contribution in [-0.2, 0) is 4.57 Å². The molecule has 0 aromatic rings. The van der Waals surface area contributed by atoms with Crippen molar-refractivity contribution >= 4 is 14.4 Å². The van der Waals surface area contributed by atoms with Crippen molar-refractivity contribution in [3.05, 3.63) is 0 Å². The Morgan fingerprint density at radius 1 is 1.05 bits per heavy atom. The van der Waals surface area contributed by atoms with Crippen molar-refractivity contribution in [2.75, 3.05) is 19.3 Å². The lowest BCUT2D eigenvalue weighted by Crippen LogP contribution is -3.11. The molecule has 2 saturated heterocycles. The topological polar surface area (TPSA) is 21.5 Å².